The number of para-hydroxylation sites is 1. The van der Waals surface area contributed by atoms with Crippen molar-refractivity contribution in [2.75, 3.05) is 4.90 Å². The van der Waals surface area contributed by atoms with E-state index in [1.165, 1.54) is 19.1 Å². The maximum absolute atomic E-state index is 12.9. The number of carboxylic acid groups (broad SMARTS) is 2. The Morgan fingerprint density at radius 3 is 2.36 bits per heavy atom. The van der Waals surface area contributed by atoms with E-state index in [2.05, 4.69) is 0 Å². The van der Waals surface area contributed by atoms with Crippen LogP contribution in [-0.2, 0) is 24.0 Å². The quantitative estimate of drug-likeness (QED) is 0.418. The molecule has 3 rings (SSSR count). The lowest BCUT2D eigenvalue weighted by Crippen LogP contribution is -2.52. The largest absolute Gasteiger partial charge is 0.550 e. The summed E-state index contributed by atoms with van der Waals surface area (Å²) in [6.07, 6.45) is -1.03. The van der Waals surface area contributed by atoms with E-state index in [4.69, 9.17) is 12.2 Å². The summed E-state index contributed by atoms with van der Waals surface area (Å²) in [7, 11) is 0. The van der Waals surface area contributed by atoms with Crippen LogP contribution in [-0.4, -0.2) is 44.9 Å². The van der Waals surface area contributed by atoms with Gasteiger partial charge in [0.05, 0.1) is 28.2 Å². The number of carboxylic acids is 2. The normalized spacial score (nSPS) is 19.8. The first kappa shape index (κ1) is 19.7. The van der Waals surface area contributed by atoms with Gasteiger partial charge in [0.2, 0.25) is 5.91 Å². The maximum Gasteiger partial charge on any atom is 0.267 e. The number of anilines is 1. The predicted octanol–water partition coefficient (Wildman–Crippen LogP) is -1.59. The highest BCUT2D eigenvalue weighted by Crippen LogP contribution is 2.45. The minimum absolute atomic E-state index is 0.101. The van der Waals surface area contributed by atoms with Gasteiger partial charge >= 0.3 is 0 Å². The lowest BCUT2D eigenvalue weighted by atomic mass is 10.1. The van der Waals surface area contributed by atoms with Crippen molar-refractivity contribution in [3.63, 3.8) is 0 Å². The van der Waals surface area contributed by atoms with Gasteiger partial charge < -0.3 is 19.8 Å². The monoisotopic (exact) mass is 418 g/mol. The van der Waals surface area contributed by atoms with Gasteiger partial charge in [-0.25, -0.2) is 4.90 Å². The zero-order valence-corrected chi connectivity index (χ0v) is 15.8. The number of amides is 3. The fourth-order valence-electron chi connectivity index (χ4n) is 2.99. The third-order valence-corrected chi connectivity index (χ3v) is 5.52. The third kappa shape index (κ3) is 3.08. The second kappa shape index (κ2) is 7.17. The zero-order valence-electron chi connectivity index (χ0n) is 14.2. The molecule has 3 amide bonds. The zero-order chi connectivity index (χ0) is 20.7. The van der Waals surface area contributed by atoms with Crippen LogP contribution < -0.4 is 15.1 Å². The van der Waals surface area contributed by atoms with Crippen molar-refractivity contribution in [3.05, 3.63) is 34.7 Å². The van der Waals surface area contributed by atoms with E-state index in [1.54, 1.807) is 12.1 Å². The van der Waals surface area contributed by atoms with E-state index in [0.29, 0.717) is 22.2 Å². The number of hydrogen-bond donors (Lipinski definition) is 0. The summed E-state index contributed by atoms with van der Waals surface area (Å²) >= 11 is 5.69. The van der Waals surface area contributed by atoms with Crippen LogP contribution in [0.15, 0.2) is 29.2 Å². The van der Waals surface area contributed by atoms with Gasteiger partial charge in [-0.1, -0.05) is 42.2 Å². The first-order valence-corrected chi connectivity index (χ1v) is 9.02. The summed E-state index contributed by atoms with van der Waals surface area (Å²) in [6.45, 7) is 1.19. The van der Waals surface area contributed by atoms with Crippen molar-refractivity contribution in [2.45, 2.75) is 19.4 Å². The van der Waals surface area contributed by atoms with Crippen molar-refractivity contribution in [3.8, 4) is 0 Å². The molecular formula is C17H10N2O7S2-2. The second-order valence-electron chi connectivity index (χ2n) is 5.83. The average Bonchev–Trinajstić information content (AvgIpc) is 3.05. The Kier molecular flexibility index (Phi) is 5.04. The number of aliphatic carboxylic acids is 2. The predicted molar refractivity (Wildman–Crippen MR) is 97.0 cm³/mol. The van der Waals surface area contributed by atoms with Crippen molar-refractivity contribution in [2.24, 2.45) is 0 Å². The summed E-state index contributed by atoms with van der Waals surface area (Å²) < 4.78 is -0.241. The summed E-state index contributed by atoms with van der Waals surface area (Å²) in [5.41, 5.74) is 0.496. The average molecular weight is 418 g/mol. The molecule has 0 bridgehead atoms. The minimum atomic E-state index is -1.88. The fourth-order valence-corrected chi connectivity index (χ4v) is 4.41. The van der Waals surface area contributed by atoms with Crippen molar-refractivity contribution < 1.29 is 34.2 Å². The Balaban J connectivity index is 2.13. The van der Waals surface area contributed by atoms with Crippen molar-refractivity contribution in [1.82, 2.24) is 4.90 Å². The molecule has 0 aromatic heterocycles. The van der Waals surface area contributed by atoms with Crippen molar-refractivity contribution >= 4 is 69.2 Å². The molecule has 9 nitrogen and oxygen atoms in total. The number of carbonyl (C=O) groups is 5. The topological polar surface area (TPSA) is 138 Å². The van der Waals surface area contributed by atoms with Crippen LogP contribution in [0.1, 0.15) is 18.9 Å². The van der Waals surface area contributed by atoms with E-state index in [1.807, 2.05) is 0 Å². The van der Waals surface area contributed by atoms with Gasteiger partial charge in [0.25, 0.3) is 11.8 Å². The first-order valence-electron chi connectivity index (χ1n) is 7.80. The Morgan fingerprint density at radius 2 is 1.79 bits per heavy atom. The fraction of sp³-hybridized carbons (Fsp3) is 0.176. The van der Waals surface area contributed by atoms with E-state index in [9.17, 15) is 34.2 Å². The van der Waals surface area contributed by atoms with E-state index in [0.717, 1.165) is 4.90 Å². The molecule has 1 aromatic carbocycles. The first-order chi connectivity index (χ1) is 13.1. The number of thioether (sulfide) groups is 1. The lowest BCUT2D eigenvalue weighted by molar-refractivity contribution is -0.319. The van der Waals surface area contributed by atoms with E-state index >= 15 is 0 Å². The number of benzene rings is 1. The molecule has 0 N–H and O–H groups in total. The summed E-state index contributed by atoms with van der Waals surface area (Å²) in [6, 6.07) is 4.41. The number of fused-ring (bicyclic) bond motifs is 1. The van der Waals surface area contributed by atoms with E-state index < -0.39 is 42.1 Å². The highest BCUT2D eigenvalue weighted by molar-refractivity contribution is 8.26. The molecule has 0 radical (unpaired) electrons. The molecule has 0 saturated carbocycles. The van der Waals surface area contributed by atoms with Crippen LogP contribution in [0.3, 0.4) is 0 Å². The number of imide groups is 1. The Hall–Kier alpha value is -3.05. The van der Waals surface area contributed by atoms with Gasteiger partial charge in [-0.2, -0.15) is 0 Å². The number of thiocarbonyl (C=S) groups is 1. The van der Waals surface area contributed by atoms with Crippen LogP contribution >= 0.6 is 24.0 Å². The third-order valence-electron chi connectivity index (χ3n) is 4.12. The summed E-state index contributed by atoms with van der Waals surface area (Å²) in [4.78, 5) is 61.1. The molecule has 1 saturated heterocycles. The second-order valence-corrected chi connectivity index (χ2v) is 7.48. The highest BCUT2D eigenvalue weighted by atomic mass is 32.2. The van der Waals surface area contributed by atoms with E-state index in [-0.39, 0.29) is 20.5 Å². The SMILES string of the molecule is CC(=O)N1C(=O)/C(=C2\SC(=S)N([C@@H](CC(=O)[O-])C(=O)[O-])C2=O)c2ccccc21. The molecule has 1 fully saturated rings. The molecule has 0 spiro atoms. The molecule has 1 aromatic rings. The molecule has 144 valence electrons. The van der Waals surface area contributed by atoms with Gasteiger partial charge in [-0.15, -0.1) is 0 Å². The number of nitrogens with zero attached hydrogens (tertiary/aromatic N) is 2. The van der Waals surface area contributed by atoms with Gasteiger partial charge in [0.1, 0.15) is 4.32 Å². The minimum Gasteiger partial charge on any atom is -0.550 e. The maximum atomic E-state index is 12.9. The summed E-state index contributed by atoms with van der Waals surface area (Å²) in [5, 5.41) is 22.2. The molecule has 0 aliphatic carbocycles. The van der Waals surface area contributed by atoms with Crippen LogP contribution in [0, 0.1) is 0 Å². The lowest BCUT2D eigenvalue weighted by Gasteiger charge is -2.27. The number of carbonyl (C=O) groups excluding carboxylic acids is 5. The number of hydrogen-bond acceptors (Lipinski definition) is 9. The van der Waals surface area contributed by atoms with Crippen molar-refractivity contribution in [1.29, 1.82) is 0 Å². The molecule has 28 heavy (non-hydrogen) atoms. The molecule has 2 heterocycles. The Bertz CT molecular complexity index is 1000. The molecule has 2 aliphatic rings. The summed E-state index contributed by atoms with van der Waals surface area (Å²) in [5.74, 6) is -5.79. The van der Waals surface area contributed by atoms with Crippen LogP contribution in [0.2, 0.25) is 0 Å². The van der Waals surface area contributed by atoms with Gasteiger partial charge in [0, 0.05) is 24.9 Å². The van der Waals surface area contributed by atoms with Crippen LogP contribution in [0.4, 0.5) is 5.69 Å². The Labute approximate surface area is 167 Å². The molecule has 2 aliphatic heterocycles. The smallest absolute Gasteiger partial charge is 0.267 e. The molecule has 11 heteroatoms. The van der Waals surface area contributed by atoms with Gasteiger partial charge in [0.15, 0.2) is 0 Å². The number of rotatable bonds is 4. The van der Waals surface area contributed by atoms with Crippen LogP contribution in [0.25, 0.3) is 5.57 Å². The highest BCUT2D eigenvalue weighted by Gasteiger charge is 2.45. The molecule has 0 unspecified atom stereocenters. The van der Waals surface area contributed by atoms with Crippen LogP contribution in [0.5, 0.6) is 0 Å². The van der Waals surface area contributed by atoms with Gasteiger partial charge in [-0.05, 0) is 6.07 Å². The Morgan fingerprint density at radius 1 is 1.14 bits per heavy atom. The molecule has 1 atom stereocenters. The molecular weight excluding hydrogens is 408 g/mol. The standard InChI is InChI=1S/C17H12N2O7S2/c1-7(20)18-9-5-3-2-4-8(9)12(14(18)23)13-15(24)19(17(27)28-13)10(16(25)26)6-11(21)22/h2-5,10H,6H2,1H3,(H,21,22)(H,25,26)/p-2/b13-12-/t10-/m0/s1. The van der Waals surface area contributed by atoms with Gasteiger partial charge in [-0.3, -0.25) is 19.3 Å².